The van der Waals surface area contributed by atoms with Gasteiger partial charge in [0, 0.05) is 10.3 Å². The topological polar surface area (TPSA) is 0 Å². The lowest BCUT2D eigenvalue weighted by Crippen LogP contribution is -1.94. The van der Waals surface area contributed by atoms with Crippen LogP contribution >= 0.6 is 23.5 Å². The van der Waals surface area contributed by atoms with Gasteiger partial charge < -0.3 is 0 Å². The van der Waals surface area contributed by atoms with E-state index >= 15 is 0 Å². The molecule has 0 saturated carbocycles. The fraction of sp³-hybridized carbons (Fsp3) is 1.00. The van der Waals surface area contributed by atoms with Crippen molar-refractivity contribution in [1.29, 1.82) is 0 Å². The summed E-state index contributed by atoms with van der Waals surface area (Å²) in [4.78, 5) is 0. The molecule has 0 aliphatic heterocycles. The van der Waals surface area contributed by atoms with E-state index in [4.69, 9.17) is 0 Å². The van der Waals surface area contributed by atoms with Crippen molar-refractivity contribution in [3.8, 4) is 0 Å². The van der Waals surface area contributed by atoms with Crippen LogP contribution < -0.4 is 0 Å². The van der Waals surface area contributed by atoms with Crippen molar-refractivity contribution in [3.05, 3.63) is 0 Å². The van der Waals surface area contributed by atoms with Crippen LogP contribution in [0.4, 0.5) is 0 Å². The minimum atomic E-state index is 0.788. The molecule has 0 aliphatic carbocycles. The fourth-order valence-electron chi connectivity index (χ4n) is 0.409. The molecule has 0 aromatic rings. The molecule has 0 aromatic heterocycles. The van der Waals surface area contributed by atoms with Crippen molar-refractivity contribution in [3.63, 3.8) is 0 Å². The summed E-state index contributed by atoms with van der Waals surface area (Å²) < 4.78 is 0. The molecule has 2 heteroatoms. The van der Waals surface area contributed by atoms with Crippen molar-refractivity contribution in [2.75, 3.05) is 5.08 Å². The lowest BCUT2D eigenvalue weighted by Gasteiger charge is -2.08. The standard InChI is InChI=1S/C8H18S2/c1-5-8(4)10-6-9-7(2)3/h7-8H,5-6H2,1-4H3. The predicted octanol–water partition coefficient (Wildman–Crippen LogP) is 3.62. The second-order valence-electron chi connectivity index (χ2n) is 2.72. The molecule has 0 nitrogen and oxygen atoms in total. The zero-order chi connectivity index (χ0) is 7.98. The summed E-state index contributed by atoms with van der Waals surface area (Å²) >= 11 is 4.11. The highest BCUT2D eigenvalue weighted by Crippen LogP contribution is 2.21. The molecular weight excluding hydrogens is 160 g/mol. The van der Waals surface area contributed by atoms with E-state index in [1.807, 2.05) is 11.8 Å². The van der Waals surface area contributed by atoms with Crippen LogP contribution in [0.2, 0.25) is 0 Å². The SMILES string of the molecule is CCC(C)SCSC(C)C. The van der Waals surface area contributed by atoms with Crippen molar-refractivity contribution >= 4 is 23.5 Å². The molecule has 0 amide bonds. The molecule has 62 valence electrons. The molecule has 1 atom stereocenters. The normalized spacial score (nSPS) is 14.1. The third-order valence-electron chi connectivity index (χ3n) is 1.33. The smallest absolute Gasteiger partial charge is 0.0397 e. The third kappa shape index (κ3) is 6.81. The van der Waals surface area contributed by atoms with Gasteiger partial charge in [-0.05, 0) is 11.7 Å². The molecule has 0 aliphatic rings. The second-order valence-corrected chi connectivity index (χ2v) is 6.08. The molecule has 0 N–H and O–H groups in total. The summed E-state index contributed by atoms with van der Waals surface area (Å²) in [5.74, 6) is 0. The van der Waals surface area contributed by atoms with Crippen LogP contribution in [0.1, 0.15) is 34.1 Å². The third-order valence-corrected chi connectivity index (χ3v) is 3.99. The van der Waals surface area contributed by atoms with Gasteiger partial charge in [0.1, 0.15) is 0 Å². The van der Waals surface area contributed by atoms with Gasteiger partial charge in [-0.2, -0.15) is 0 Å². The van der Waals surface area contributed by atoms with E-state index in [0.29, 0.717) is 0 Å². The fourth-order valence-corrected chi connectivity index (χ4v) is 2.98. The van der Waals surface area contributed by atoms with Gasteiger partial charge in [-0.3, -0.25) is 0 Å². The maximum Gasteiger partial charge on any atom is 0.0397 e. The Morgan fingerprint density at radius 2 is 1.70 bits per heavy atom. The van der Waals surface area contributed by atoms with Gasteiger partial charge in [-0.25, -0.2) is 0 Å². The van der Waals surface area contributed by atoms with Crippen LogP contribution in [0.15, 0.2) is 0 Å². The van der Waals surface area contributed by atoms with Gasteiger partial charge >= 0.3 is 0 Å². The zero-order valence-corrected chi connectivity index (χ0v) is 9.02. The molecule has 0 rings (SSSR count). The van der Waals surface area contributed by atoms with Gasteiger partial charge in [-0.1, -0.05) is 27.7 Å². The first-order valence-electron chi connectivity index (χ1n) is 3.90. The molecule has 0 bridgehead atoms. The van der Waals surface area contributed by atoms with Crippen molar-refractivity contribution in [2.45, 2.75) is 44.6 Å². The van der Waals surface area contributed by atoms with Gasteiger partial charge in [0.15, 0.2) is 0 Å². The molecular formula is C8H18S2. The van der Waals surface area contributed by atoms with E-state index in [-0.39, 0.29) is 0 Å². The minimum absolute atomic E-state index is 0.788. The maximum atomic E-state index is 2.30. The Bertz CT molecular complexity index is 71.7. The molecule has 1 unspecified atom stereocenters. The Hall–Kier alpha value is 0.700. The van der Waals surface area contributed by atoms with Crippen LogP contribution in [-0.2, 0) is 0 Å². The van der Waals surface area contributed by atoms with Gasteiger partial charge in [-0.15, -0.1) is 23.5 Å². The van der Waals surface area contributed by atoms with Gasteiger partial charge in [0.25, 0.3) is 0 Å². The predicted molar refractivity (Wildman–Crippen MR) is 54.9 cm³/mol. The quantitative estimate of drug-likeness (QED) is 0.590. The van der Waals surface area contributed by atoms with E-state index in [2.05, 4.69) is 39.5 Å². The lowest BCUT2D eigenvalue weighted by molar-refractivity contribution is 0.908. The van der Waals surface area contributed by atoms with Crippen molar-refractivity contribution in [2.24, 2.45) is 0 Å². The van der Waals surface area contributed by atoms with Crippen LogP contribution in [0.5, 0.6) is 0 Å². The Morgan fingerprint density at radius 1 is 1.10 bits per heavy atom. The second kappa shape index (κ2) is 6.41. The summed E-state index contributed by atoms with van der Waals surface area (Å²) in [5, 5.41) is 2.88. The molecule has 0 radical (unpaired) electrons. The largest absolute Gasteiger partial charge is 0.148 e. The molecule has 0 saturated heterocycles. The average Bonchev–Trinajstić information content (AvgIpc) is 1.87. The molecule has 0 fully saturated rings. The molecule has 0 aromatic carbocycles. The lowest BCUT2D eigenvalue weighted by atomic mass is 10.4. The van der Waals surface area contributed by atoms with E-state index < -0.39 is 0 Å². The Morgan fingerprint density at radius 3 is 2.10 bits per heavy atom. The van der Waals surface area contributed by atoms with Crippen LogP contribution in [0.3, 0.4) is 0 Å². The first-order valence-corrected chi connectivity index (χ1v) is 5.99. The highest BCUT2D eigenvalue weighted by Gasteiger charge is 1.99. The summed E-state index contributed by atoms with van der Waals surface area (Å²) in [6.45, 7) is 9.05. The maximum absolute atomic E-state index is 2.30. The first-order chi connectivity index (χ1) is 4.66. The van der Waals surface area contributed by atoms with Crippen molar-refractivity contribution < 1.29 is 0 Å². The van der Waals surface area contributed by atoms with Crippen LogP contribution in [-0.4, -0.2) is 15.6 Å². The summed E-state index contributed by atoms with van der Waals surface area (Å²) in [7, 11) is 0. The monoisotopic (exact) mass is 178 g/mol. The Labute approximate surface area is 73.5 Å². The number of rotatable bonds is 5. The summed E-state index contributed by atoms with van der Waals surface area (Å²) in [6.07, 6.45) is 1.29. The Balaban J connectivity index is 3.03. The minimum Gasteiger partial charge on any atom is -0.148 e. The first kappa shape index (κ1) is 10.7. The number of thioether (sulfide) groups is 2. The number of hydrogen-bond acceptors (Lipinski definition) is 2. The zero-order valence-electron chi connectivity index (χ0n) is 7.39. The van der Waals surface area contributed by atoms with E-state index in [0.717, 1.165) is 10.5 Å². The van der Waals surface area contributed by atoms with Crippen LogP contribution in [0, 0.1) is 0 Å². The van der Waals surface area contributed by atoms with E-state index in [1.165, 1.54) is 11.5 Å². The highest BCUT2D eigenvalue weighted by atomic mass is 32.2. The Kier molecular flexibility index (Phi) is 6.86. The molecule has 0 heterocycles. The van der Waals surface area contributed by atoms with E-state index in [1.54, 1.807) is 0 Å². The van der Waals surface area contributed by atoms with Crippen LogP contribution in [0.25, 0.3) is 0 Å². The number of hydrogen-bond donors (Lipinski definition) is 0. The highest BCUT2D eigenvalue weighted by molar-refractivity contribution is 8.16. The summed E-state index contributed by atoms with van der Waals surface area (Å²) in [5.41, 5.74) is 0. The average molecular weight is 178 g/mol. The van der Waals surface area contributed by atoms with E-state index in [9.17, 15) is 0 Å². The van der Waals surface area contributed by atoms with Gasteiger partial charge in [0.05, 0.1) is 0 Å². The molecule has 0 spiro atoms. The summed E-state index contributed by atoms with van der Waals surface area (Å²) in [6, 6.07) is 0. The molecule has 10 heavy (non-hydrogen) atoms. The van der Waals surface area contributed by atoms with Gasteiger partial charge in [0.2, 0.25) is 0 Å². The van der Waals surface area contributed by atoms with Crippen molar-refractivity contribution in [1.82, 2.24) is 0 Å².